The van der Waals surface area contributed by atoms with Gasteiger partial charge in [-0.15, -0.1) is 0 Å². The number of carbonyl (C=O) groups is 2. The monoisotopic (exact) mass is 282 g/mol. The molecule has 0 amide bonds. The molecule has 1 fully saturated rings. The fraction of sp³-hybridized carbons (Fsp3) is 0.312. The molecule has 1 aliphatic rings. The summed E-state index contributed by atoms with van der Waals surface area (Å²) in [5, 5.41) is 18.9. The molecule has 3 rings (SSSR count). The van der Waals surface area contributed by atoms with Gasteiger partial charge < -0.3 is 10.1 Å². The summed E-state index contributed by atoms with van der Waals surface area (Å²) in [7, 11) is 0. The van der Waals surface area contributed by atoms with Crippen LogP contribution in [0, 0.1) is 23.2 Å². The first-order valence-electron chi connectivity index (χ1n) is 6.89. The summed E-state index contributed by atoms with van der Waals surface area (Å²) in [4.78, 5) is 26.7. The van der Waals surface area contributed by atoms with Crippen LogP contribution in [0.3, 0.4) is 0 Å². The maximum absolute atomic E-state index is 12.6. The number of rotatable bonds is 3. The molecule has 0 saturated heterocycles. The van der Waals surface area contributed by atoms with Crippen LogP contribution in [0.4, 0.5) is 0 Å². The van der Waals surface area contributed by atoms with Crippen LogP contribution in [0.2, 0.25) is 0 Å². The van der Waals surface area contributed by atoms with Gasteiger partial charge in [0.25, 0.3) is 0 Å². The van der Waals surface area contributed by atoms with E-state index in [1.54, 1.807) is 18.3 Å². The third-order valence-corrected chi connectivity index (χ3v) is 4.24. The van der Waals surface area contributed by atoms with Crippen molar-refractivity contribution in [1.29, 1.82) is 5.26 Å². The van der Waals surface area contributed by atoms with Gasteiger partial charge in [-0.1, -0.05) is 6.07 Å². The summed E-state index contributed by atoms with van der Waals surface area (Å²) in [6, 6.07) is 7.37. The number of nitrogens with one attached hydrogen (secondary N) is 1. The molecule has 0 aliphatic heterocycles. The molecule has 2 unspecified atom stereocenters. The lowest BCUT2D eigenvalue weighted by molar-refractivity contribution is -0.141. The summed E-state index contributed by atoms with van der Waals surface area (Å²) < 4.78 is 0. The number of carbonyl (C=O) groups excluding carboxylic acids is 1. The van der Waals surface area contributed by atoms with Gasteiger partial charge in [-0.3, -0.25) is 9.59 Å². The van der Waals surface area contributed by atoms with Crippen molar-refractivity contribution in [1.82, 2.24) is 4.98 Å². The minimum atomic E-state index is -0.832. The van der Waals surface area contributed by atoms with Gasteiger partial charge in [-0.25, -0.2) is 0 Å². The summed E-state index contributed by atoms with van der Waals surface area (Å²) in [5.41, 5.74) is 1.72. The summed E-state index contributed by atoms with van der Waals surface area (Å²) in [6.07, 6.45) is 3.15. The molecule has 2 aromatic rings. The lowest BCUT2D eigenvalue weighted by Gasteiger charge is -2.08. The Bertz CT molecular complexity index is 769. The topological polar surface area (TPSA) is 94.0 Å². The van der Waals surface area contributed by atoms with Crippen molar-refractivity contribution >= 4 is 22.7 Å². The van der Waals surface area contributed by atoms with Gasteiger partial charge in [-0.05, 0) is 31.4 Å². The molecular weight excluding hydrogens is 268 g/mol. The molecule has 0 radical (unpaired) electrons. The number of nitrogens with zero attached hydrogens (tertiary/aromatic N) is 1. The number of aromatic amines is 1. The van der Waals surface area contributed by atoms with Gasteiger partial charge in [0.2, 0.25) is 0 Å². The molecule has 5 heteroatoms. The second-order valence-electron chi connectivity index (χ2n) is 5.45. The Balaban J connectivity index is 1.96. The zero-order valence-electron chi connectivity index (χ0n) is 11.3. The predicted molar refractivity (Wildman–Crippen MR) is 75.8 cm³/mol. The van der Waals surface area contributed by atoms with E-state index in [1.165, 1.54) is 0 Å². The van der Waals surface area contributed by atoms with Crippen LogP contribution in [0.1, 0.15) is 35.2 Å². The Hall–Kier alpha value is -2.61. The van der Waals surface area contributed by atoms with E-state index in [-0.39, 0.29) is 11.7 Å². The first-order chi connectivity index (χ1) is 10.1. The molecule has 2 atom stereocenters. The normalized spacial score (nSPS) is 21.3. The van der Waals surface area contributed by atoms with Crippen molar-refractivity contribution in [2.24, 2.45) is 11.8 Å². The molecule has 2 N–H and O–H groups in total. The third-order valence-electron chi connectivity index (χ3n) is 4.24. The number of hydrogen-bond donors (Lipinski definition) is 2. The standard InChI is InChI=1S/C16H14N2O3/c17-7-11-2-1-3-13-14(11)12(8-18-13)15(19)9-4-5-10(6-9)16(20)21/h1-3,8-10,18H,4-6H2,(H,20,21). The fourth-order valence-corrected chi connectivity index (χ4v) is 3.14. The molecular formula is C16H14N2O3. The highest BCUT2D eigenvalue weighted by Gasteiger charge is 2.35. The van der Waals surface area contributed by atoms with Crippen LogP contribution in [0.25, 0.3) is 10.9 Å². The summed E-state index contributed by atoms with van der Waals surface area (Å²) >= 11 is 0. The van der Waals surface area contributed by atoms with Crippen LogP contribution in [0.15, 0.2) is 24.4 Å². The van der Waals surface area contributed by atoms with Gasteiger partial charge in [0.1, 0.15) is 0 Å². The van der Waals surface area contributed by atoms with Crippen molar-refractivity contribution < 1.29 is 14.7 Å². The first kappa shape index (κ1) is 13.4. The van der Waals surface area contributed by atoms with Crippen LogP contribution >= 0.6 is 0 Å². The molecule has 1 aromatic carbocycles. The number of ketones is 1. The molecule has 1 heterocycles. The van der Waals surface area contributed by atoms with Gasteiger partial charge in [0.05, 0.1) is 17.6 Å². The molecule has 21 heavy (non-hydrogen) atoms. The molecule has 106 valence electrons. The Morgan fingerprint density at radius 1 is 1.29 bits per heavy atom. The number of H-pyrrole nitrogens is 1. The Labute approximate surface area is 121 Å². The van der Waals surface area contributed by atoms with Gasteiger partial charge >= 0.3 is 5.97 Å². The second-order valence-corrected chi connectivity index (χ2v) is 5.45. The Morgan fingerprint density at radius 3 is 2.71 bits per heavy atom. The zero-order valence-corrected chi connectivity index (χ0v) is 11.3. The van der Waals surface area contributed by atoms with Crippen LogP contribution < -0.4 is 0 Å². The smallest absolute Gasteiger partial charge is 0.306 e. The first-order valence-corrected chi connectivity index (χ1v) is 6.89. The Kier molecular flexibility index (Phi) is 3.22. The molecule has 1 aliphatic carbocycles. The number of Topliss-reactive ketones (excluding diaryl/α,β-unsaturated/α-hetero) is 1. The molecule has 5 nitrogen and oxygen atoms in total. The maximum atomic E-state index is 12.6. The van der Waals surface area contributed by atoms with E-state index >= 15 is 0 Å². The number of benzene rings is 1. The minimum Gasteiger partial charge on any atom is -0.481 e. The SMILES string of the molecule is N#Cc1cccc2[nH]cc(C(=O)C3CCC(C(=O)O)C3)c12. The average molecular weight is 282 g/mol. The largest absolute Gasteiger partial charge is 0.481 e. The maximum Gasteiger partial charge on any atom is 0.306 e. The fourth-order valence-electron chi connectivity index (χ4n) is 3.14. The molecule has 1 saturated carbocycles. The van der Waals surface area contributed by atoms with E-state index in [4.69, 9.17) is 5.11 Å². The van der Waals surface area contributed by atoms with E-state index in [9.17, 15) is 14.9 Å². The summed E-state index contributed by atoms with van der Waals surface area (Å²) in [5.74, 6) is -1.59. The van der Waals surface area contributed by atoms with Crippen molar-refractivity contribution in [2.75, 3.05) is 0 Å². The number of hydrogen-bond acceptors (Lipinski definition) is 3. The second kappa shape index (κ2) is 5.06. The van der Waals surface area contributed by atoms with Crippen LogP contribution in [-0.4, -0.2) is 21.8 Å². The minimum absolute atomic E-state index is 0.0623. The molecule has 0 bridgehead atoms. The van der Waals surface area contributed by atoms with Gasteiger partial charge in [-0.2, -0.15) is 5.26 Å². The third kappa shape index (κ3) is 2.19. The molecule has 0 spiro atoms. The van der Waals surface area contributed by atoms with Crippen molar-refractivity contribution in [2.45, 2.75) is 19.3 Å². The van der Waals surface area contributed by atoms with Gasteiger partial charge in [0, 0.05) is 28.6 Å². The van der Waals surface area contributed by atoms with E-state index in [0.717, 1.165) is 5.52 Å². The van der Waals surface area contributed by atoms with E-state index in [1.807, 2.05) is 6.07 Å². The highest BCUT2D eigenvalue weighted by Crippen LogP contribution is 2.35. The number of carboxylic acid groups (broad SMARTS) is 1. The lowest BCUT2D eigenvalue weighted by Crippen LogP contribution is -2.14. The number of nitriles is 1. The highest BCUT2D eigenvalue weighted by molar-refractivity contribution is 6.10. The summed E-state index contributed by atoms with van der Waals surface area (Å²) in [6.45, 7) is 0. The van der Waals surface area contributed by atoms with Crippen LogP contribution in [0.5, 0.6) is 0 Å². The quantitative estimate of drug-likeness (QED) is 0.846. The van der Waals surface area contributed by atoms with Crippen molar-refractivity contribution in [3.8, 4) is 6.07 Å². The number of aromatic nitrogens is 1. The average Bonchev–Trinajstić information content (AvgIpc) is 3.13. The van der Waals surface area contributed by atoms with E-state index < -0.39 is 11.9 Å². The van der Waals surface area contributed by atoms with Crippen molar-refractivity contribution in [3.05, 3.63) is 35.5 Å². The number of aliphatic carboxylic acids is 1. The van der Waals surface area contributed by atoms with E-state index in [0.29, 0.717) is 35.8 Å². The van der Waals surface area contributed by atoms with Gasteiger partial charge in [0.15, 0.2) is 5.78 Å². The number of carboxylic acids is 1. The molecule has 1 aromatic heterocycles. The van der Waals surface area contributed by atoms with E-state index in [2.05, 4.69) is 11.1 Å². The number of fused-ring (bicyclic) bond motifs is 1. The van der Waals surface area contributed by atoms with Crippen LogP contribution in [-0.2, 0) is 4.79 Å². The van der Waals surface area contributed by atoms with Crippen molar-refractivity contribution in [3.63, 3.8) is 0 Å². The predicted octanol–water partition coefficient (Wildman–Crippen LogP) is 2.72. The Morgan fingerprint density at radius 2 is 2.05 bits per heavy atom. The highest BCUT2D eigenvalue weighted by atomic mass is 16.4. The lowest BCUT2D eigenvalue weighted by atomic mass is 9.93. The zero-order chi connectivity index (χ0) is 15.0.